The third kappa shape index (κ3) is 18.4. The van der Waals surface area contributed by atoms with Crippen molar-refractivity contribution < 1.29 is 65.8 Å². The smallest absolute Gasteiger partial charge is 0.358 e. The number of aldehydes is 2. The van der Waals surface area contributed by atoms with Crippen molar-refractivity contribution in [2.24, 2.45) is 5.92 Å². The molecule has 0 saturated heterocycles. The molecule has 0 rings (SSSR count). The van der Waals surface area contributed by atoms with E-state index in [-0.39, 0.29) is 70.6 Å². The monoisotopic (exact) mass is 295 g/mol. The van der Waals surface area contributed by atoms with Crippen LogP contribution in [0.5, 0.6) is 0 Å². The molecular weight excluding hydrogens is 269 g/mol. The molecule has 19 heavy (non-hydrogen) atoms. The Bertz CT molecular complexity index is 235. The normalized spacial score (nSPS) is 10.6. The number of rotatable bonds is 11. The summed E-state index contributed by atoms with van der Waals surface area (Å²) in [7, 11) is 0. The molecule has 1 unspecified atom stereocenters. The van der Waals surface area contributed by atoms with E-state index in [0.717, 1.165) is 44.7 Å². The summed E-state index contributed by atoms with van der Waals surface area (Å²) in [4.78, 5) is 31.7. The third-order valence-corrected chi connectivity index (χ3v) is 2.62. The average Bonchev–Trinajstić information content (AvgIpc) is 2.34. The maximum atomic E-state index is 11.3. The fourth-order valence-corrected chi connectivity index (χ4v) is 1.49. The molecule has 5 heteroatoms. The zero-order chi connectivity index (χ0) is 12.9. The van der Waals surface area contributed by atoms with Crippen LogP contribution in [-0.4, -0.2) is 25.0 Å². The molecule has 4 nitrogen and oxygen atoms in total. The first-order valence-corrected chi connectivity index (χ1v) is 6.36. The van der Waals surface area contributed by atoms with Crippen molar-refractivity contribution >= 4 is 18.5 Å². The maximum Gasteiger partial charge on any atom is 1.00 e. The van der Waals surface area contributed by atoms with Gasteiger partial charge in [0.1, 0.15) is 12.6 Å². The summed E-state index contributed by atoms with van der Waals surface area (Å²) in [6.07, 6.45) is 7.24. The number of amides is 1. The second-order valence-electron chi connectivity index (χ2n) is 4.37. The molecule has 0 spiro atoms. The zero-order valence-corrected chi connectivity index (χ0v) is 15.7. The van der Waals surface area contributed by atoms with E-state index in [1.54, 1.807) is 0 Å². The third-order valence-electron chi connectivity index (χ3n) is 2.62. The van der Waals surface area contributed by atoms with Gasteiger partial charge in [-0.15, -0.1) is 0 Å². The van der Waals surface area contributed by atoms with Gasteiger partial charge in [0.05, 0.1) is 0 Å². The van der Waals surface area contributed by atoms with Crippen molar-refractivity contribution in [3.63, 3.8) is 0 Å². The van der Waals surface area contributed by atoms with Gasteiger partial charge in [0, 0.05) is 25.3 Å². The molecule has 1 N–H and O–H groups in total. The van der Waals surface area contributed by atoms with Gasteiger partial charge in [-0.1, -0.05) is 13.3 Å². The largest absolute Gasteiger partial charge is 1.00 e. The Morgan fingerprint density at radius 3 is 2.42 bits per heavy atom. The Labute approximate surface area is 159 Å². The van der Waals surface area contributed by atoms with Crippen LogP contribution in [0.15, 0.2) is 0 Å². The minimum Gasteiger partial charge on any atom is -0.358 e. The Balaban J connectivity index is -0.00000128. The average molecular weight is 295 g/mol. The summed E-state index contributed by atoms with van der Waals surface area (Å²) in [6.45, 7) is 2.54. The maximum absolute atomic E-state index is 11.3. The van der Waals surface area contributed by atoms with Crippen molar-refractivity contribution in [1.82, 2.24) is 5.32 Å². The molecule has 0 aliphatic carbocycles. The summed E-state index contributed by atoms with van der Waals surface area (Å²) >= 11 is 0. The molecule has 0 aromatic rings. The van der Waals surface area contributed by atoms with E-state index in [0.29, 0.717) is 19.4 Å². The first-order chi connectivity index (χ1) is 8.20. The van der Waals surface area contributed by atoms with E-state index in [4.69, 9.17) is 0 Å². The molecule has 1 atom stereocenters. The van der Waals surface area contributed by atoms with Crippen molar-refractivity contribution in [1.29, 1.82) is 0 Å². The number of carbonyl (C=O) groups is 3. The van der Waals surface area contributed by atoms with Crippen LogP contribution in [0.2, 0.25) is 0 Å². The van der Waals surface area contributed by atoms with Gasteiger partial charge < -0.3 is 22.3 Å². The molecule has 0 heterocycles. The van der Waals surface area contributed by atoms with Crippen LogP contribution in [0.1, 0.15) is 51.9 Å². The number of hydrogen-bond acceptors (Lipinski definition) is 3. The van der Waals surface area contributed by atoms with Crippen molar-refractivity contribution in [2.45, 2.75) is 51.9 Å². The van der Waals surface area contributed by atoms with Crippen LogP contribution in [0.25, 0.3) is 0 Å². The summed E-state index contributed by atoms with van der Waals surface area (Å²) < 4.78 is 0. The molecule has 0 saturated carbocycles. The number of hydrogen-bond donors (Lipinski definition) is 1. The summed E-state index contributed by atoms with van der Waals surface area (Å²) in [5.41, 5.74) is 0. The van der Waals surface area contributed by atoms with Gasteiger partial charge in [-0.05, 0) is 25.7 Å². The van der Waals surface area contributed by atoms with Crippen LogP contribution in [0.3, 0.4) is 0 Å². The Kier molecular flexibility index (Phi) is 23.8. The van der Waals surface area contributed by atoms with Crippen LogP contribution in [0, 0.1) is 13.3 Å². The fourth-order valence-electron chi connectivity index (χ4n) is 1.49. The molecule has 0 aliphatic rings. The predicted octanol–water partition coefficient (Wildman–Crippen LogP) is -0.679. The van der Waals surface area contributed by atoms with Crippen LogP contribution in [0.4, 0.5) is 0 Å². The summed E-state index contributed by atoms with van der Waals surface area (Å²) in [6, 6.07) is 0. The Hall–Kier alpha value is 0.446. The van der Waals surface area contributed by atoms with E-state index >= 15 is 0 Å². The molecule has 106 valence electrons. The second-order valence-corrected chi connectivity index (χ2v) is 4.37. The molecular formula is C14H26KNO3. The van der Waals surface area contributed by atoms with E-state index in [1.807, 2.05) is 6.92 Å². The quantitative estimate of drug-likeness (QED) is 0.238. The molecule has 0 bridgehead atoms. The second kappa shape index (κ2) is 18.4. The molecule has 0 aromatic carbocycles. The molecule has 0 aromatic heterocycles. The molecule has 0 radical (unpaired) electrons. The number of carbonyl (C=O) groups excluding carboxylic acids is 3. The van der Waals surface area contributed by atoms with Gasteiger partial charge in [-0.25, -0.2) is 0 Å². The van der Waals surface area contributed by atoms with Gasteiger partial charge in [0.25, 0.3) is 0 Å². The van der Waals surface area contributed by atoms with E-state index in [2.05, 4.69) is 5.32 Å². The minimum absolute atomic E-state index is 0. The van der Waals surface area contributed by atoms with Gasteiger partial charge in [0.15, 0.2) is 0 Å². The number of nitrogens with one attached hydrogen (secondary N) is 1. The molecule has 0 aliphatic heterocycles. The van der Waals surface area contributed by atoms with Gasteiger partial charge in [0.2, 0.25) is 5.91 Å². The molecule has 1 amide bonds. The number of unbranched alkanes of at least 4 members (excludes halogenated alkanes) is 3. The fraction of sp³-hybridized carbons (Fsp3) is 0.714. The summed E-state index contributed by atoms with van der Waals surface area (Å²) in [5, 5.41) is 2.82. The van der Waals surface area contributed by atoms with Gasteiger partial charge >= 0.3 is 51.4 Å². The Morgan fingerprint density at radius 1 is 1.16 bits per heavy atom. The van der Waals surface area contributed by atoms with Crippen molar-refractivity contribution in [2.75, 3.05) is 6.54 Å². The SMILES string of the molecule is CC(C=O)CCCCC(=O)NCCCCC=O.[CH3-].[K+]. The van der Waals surface area contributed by atoms with Crippen LogP contribution in [-0.2, 0) is 14.4 Å². The van der Waals surface area contributed by atoms with Crippen LogP contribution >= 0.6 is 0 Å². The minimum atomic E-state index is 0. The van der Waals surface area contributed by atoms with Gasteiger partial charge in [-0.2, -0.15) is 0 Å². The summed E-state index contributed by atoms with van der Waals surface area (Å²) in [5.74, 6) is 0.163. The standard InChI is InChI=1S/C13H23NO3.CH3.K/c1-12(11-16)7-3-4-8-13(17)14-9-5-2-6-10-15;;/h10-12H,2-9H2,1H3,(H,14,17);1H3;/q;-1;+1. The zero-order valence-electron chi connectivity index (χ0n) is 12.6. The van der Waals surface area contributed by atoms with E-state index < -0.39 is 0 Å². The van der Waals surface area contributed by atoms with Gasteiger partial charge in [-0.3, -0.25) is 4.79 Å². The van der Waals surface area contributed by atoms with E-state index in [9.17, 15) is 14.4 Å². The van der Waals surface area contributed by atoms with Crippen molar-refractivity contribution in [3.05, 3.63) is 7.43 Å². The van der Waals surface area contributed by atoms with Crippen LogP contribution < -0.4 is 56.7 Å². The molecule has 0 fully saturated rings. The predicted molar refractivity (Wildman–Crippen MR) is 73.0 cm³/mol. The first kappa shape index (κ1) is 24.5. The van der Waals surface area contributed by atoms with Crippen molar-refractivity contribution in [3.8, 4) is 0 Å². The Morgan fingerprint density at radius 2 is 1.84 bits per heavy atom. The van der Waals surface area contributed by atoms with E-state index in [1.165, 1.54) is 0 Å². The first-order valence-electron chi connectivity index (χ1n) is 6.36. The topological polar surface area (TPSA) is 63.2 Å².